The van der Waals surface area contributed by atoms with Crippen LogP contribution in [-0.2, 0) is 6.54 Å². The van der Waals surface area contributed by atoms with Crippen molar-refractivity contribution in [3.8, 4) is 0 Å². The third-order valence-electron chi connectivity index (χ3n) is 3.58. The third kappa shape index (κ3) is 3.81. The summed E-state index contributed by atoms with van der Waals surface area (Å²) in [6.07, 6.45) is 2.13. The molecule has 0 spiro atoms. The van der Waals surface area contributed by atoms with E-state index in [2.05, 4.69) is 51.8 Å². The average molecular weight is 296 g/mol. The normalized spacial score (nSPS) is 13.7. The van der Waals surface area contributed by atoms with Crippen LogP contribution in [0.3, 0.4) is 0 Å². The Kier molecular flexibility index (Phi) is 4.04. The minimum absolute atomic E-state index is 0.119. The second-order valence-electron chi connectivity index (χ2n) is 5.77. The number of nitrogens with one attached hydrogen (secondary N) is 2. The van der Waals surface area contributed by atoms with Crippen LogP contribution < -0.4 is 10.6 Å². The van der Waals surface area contributed by atoms with Gasteiger partial charge >= 0.3 is 0 Å². The second kappa shape index (κ2) is 6.13. The van der Waals surface area contributed by atoms with Crippen molar-refractivity contribution in [2.24, 2.45) is 0 Å². The molecule has 1 aliphatic rings. The van der Waals surface area contributed by atoms with Gasteiger partial charge in [-0.25, -0.2) is 9.97 Å². The summed E-state index contributed by atoms with van der Waals surface area (Å²) in [5, 5.41) is 6.20. The Morgan fingerprint density at radius 3 is 2.59 bits per heavy atom. The van der Waals surface area contributed by atoms with Crippen molar-refractivity contribution in [3.63, 3.8) is 0 Å². The Labute approximate surface area is 130 Å². The molecule has 0 atom stereocenters. The third-order valence-corrected chi connectivity index (χ3v) is 3.58. The van der Waals surface area contributed by atoms with E-state index < -0.39 is 0 Å². The summed E-state index contributed by atoms with van der Waals surface area (Å²) in [7, 11) is 0. The van der Waals surface area contributed by atoms with E-state index in [1.807, 2.05) is 0 Å². The molecule has 5 heteroatoms. The molecule has 1 aromatic heterocycles. The first-order valence-electron chi connectivity index (χ1n) is 7.56. The average Bonchev–Trinajstić information content (AvgIpc) is 3.30. The summed E-state index contributed by atoms with van der Waals surface area (Å²) < 4.78 is 0. The minimum Gasteiger partial charge on any atom is -0.366 e. The predicted molar refractivity (Wildman–Crippen MR) is 85.8 cm³/mol. The first-order valence-corrected chi connectivity index (χ1v) is 7.56. The van der Waals surface area contributed by atoms with Crippen molar-refractivity contribution >= 4 is 11.7 Å². The van der Waals surface area contributed by atoms with Crippen LogP contribution in [-0.4, -0.2) is 21.9 Å². The van der Waals surface area contributed by atoms with Gasteiger partial charge in [0.05, 0.1) is 0 Å². The number of carbonyl (C=O) groups excluding carboxylic acids is 1. The van der Waals surface area contributed by atoms with Crippen LogP contribution in [0.15, 0.2) is 30.3 Å². The number of hydrogen-bond acceptors (Lipinski definition) is 4. The molecule has 2 N–H and O–H groups in total. The van der Waals surface area contributed by atoms with E-state index in [-0.39, 0.29) is 5.91 Å². The lowest BCUT2D eigenvalue weighted by atomic mass is 10.1. The summed E-state index contributed by atoms with van der Waals surface area (Å²) >= 11 is 0. The van der Waals surface area contributed by atoms with Gasteiger partial charge in [-0.15, -0.1) is 0 Å². The lowest BCUT2D eigenvalue weighted by Gasteiger charge is -2.09. The van der Waals surface area contributed by atoms with Crippen molar-refractivity contribution in [1.82, 2.24) is 15.3 Å². The number of aryl methyl sites for hydroxylation is 2. The maximum atomic E-state index is 12.1. The largest absolute Gasteiger partial charge is 0.366 e. The first-order chi connectivity index (χ1) is 10.6. The standard InChI is InChI=1S/C17H20N4O/c1-11-3-5-13(6-4-11)10-18-16-9-15(19-12(2)20-16)17(22)21-14-7-8-14/h3-6,9,14H,7-8,10H2,1-2H3,(H,21,22)(H,18,19,20). The molecule has 1 aliphatic carbocycles. The summed E-state index contributed by atoms with van der Waals surface area (Å²) in [4.78, 5) is 20.6. The lowest BCUT2D eigenvalue weighted by molar-refractivity contribution is 0.0945. The summed E-state index contributed by atoms with van der Waals surface area (Å²) in [5.74, 6) is 1.15. The van der Waals surface area contributed by atoms with E-state index in [4.69, 9.17) is 0 Å². The van der Waals surface area contributed by atoms with E-state index in [1.54, 1.807) is 13.0 Å². The van der Waals surface area contributed by atoms with Crippen molar-refractivity contribution in [1.29, 1.82) is 0 Å². The highest BCUT2D eigenvalue weighted by molar-refractivity contribution is 5.93. The van der Waals surface area contributed by atoms with Crippen LogP contribution in [0.25, 0.3) is 0 Å². The van der Waals surface area contributed by atoms with E-state index in [0.29, 0.717) is 29.9 Å². The Bertz CT molecular complexity index is 678. The number of aromatic nitrogens is 2. The van der Waals surface area contributed by atoms with Crippen LogP contribution in [0.2, 0.25) is 0 Å². The van der Waals surface area contributed by atoms with Gasteiger partial charge in [0.1, 0.15) is 17.3 Å². The number of benzene rings is 1. The predicted octanol–water partition coefficient (Wildman–Crippen LogP) is 2.60. The molecule has 1 heterocycles. The highest BCUT2D eigenvalue weighted by atomic mass is 16.2. The quantitative estimate of drug-likeness (QED) is 0.890. The van der Waals surface area contributed by atoms with Crippen LogP contribution in [0.4, 0.5) is 5.82 Å². The zero-order valence-electron chi connectivity index (χ0n) is 12.9. The molecule has 0 saturated heterocycles. The van der Waals surface area contributed by atoms with Gasteiger partial charge < -0.3 is 10.6 Å². The highest BCUT2D eigenvalue weighted by Crippen LogP contribution is 2.19. The molecular formula is C17H20N4O. The minimum atomic E-state index is -0.119. The van der Waals surface area contributed by atoms with Crippen LogP contribution in [0.1, 0.15) is 40.3 Å². The topological polar surface area (TPSA) is 66.9 Å². The van der Waals surface area contributed by atoms with E-state index >= 15 is 0 Å². The molecule has 0 unspecified atom stereocenters. The molecule has 1 amide bonds. The smallest absolute Gasteiger partial charge is 0.270 e. The fraction of sp³-hybridized carbons (Fsp3) is 0.353. The van der Waals surface area contributed by atoms with Crippen LogP contribution in [0.5, 0.6) is 0 Å². The highest BCUT2D eigenvalue weighted by Gasteiger charge is 2.24. The molecular weight excluding hydrogens is 276 g/mol. The van der Waals surface area contributed by atoms with Gasteiger partial charge in [-0.1, -0.05) is 29.8 Å². The monoisotopic (exact) mass is 296 g/mol. The zero-order chi connectivity index (χ0) is 15.5. The Balaban J connectivity index is 1.68. The van der Waals surface area contributed by atoms with Gasteiger partial charge in [-0.2, -0.15) is 0 Å². The maximum absolute atomic E-state index is 12.1. The zero-order valence-corrected chi connectivity index (χ0v) is 12.9. The molecule has 2 aromatic rings. The van der Waals surface area contributed by atoms with Crippen molar-refractivity contribution in [2.45, 2.75) is 39.3 Å². The van der Waals surface area contributed by atoms with Gasteiger partial charge in [0.2, 0.25) is 0 Å². The van der Waals surface area contributed by atoms with E-state index in [1.165, 1.54) is 11.1 Å². The van der Waals surface area contributed by atoms with Gasteiger partial charge in [-0.05, 0) is 32.3 Å². The second-order valence-corrected chi connectivity index (χ2v) is 5.77. The van der Waals surface area contributed by atoms with Crippen LogP contribution in [0, 0.1) is 13.8 Å². The molecule has 1 fully saturated rings. The van der Waals surface area contributed by atoms with Gasteiger partial charge in [0.15, 0.2) is 0 Å². The summed E-state index contributed by atoms with van der Waals surface area (Å²) in [6.45, 7) is 4.53. The fourth-order valence-electron chi connectivity index (χ4n) is 2.16. The fourth-order valence-corrected chi connectivity index (χ4v) is 2.16. The van der Waals surface area contributed by atoms with E-state index in [0.717, 1.165) is 12.8 Å². The molecule has 5 nitrogen and oxygen atoms in total. The molecule has 0 aliphatic heterocycles. The lowest BCUT2D eigenvalue weighted by Crippen LogP contribution is -2.26. The van der Waals surface area contributed by atoms with Gasteiger partial charge in [0, 0.05) is 18.7 Å². The molecule has 114 valence electrons. The Hall–Kier alpha value is -2.43. The number of carbonyl (C=O) groups is 1. The maximum Gasteiger partial charge on any atom is 0.270 e. The van der Waals surface area contributed by atoms with Crippen molar-refractivity contribution in [3.05, 3.63) is 53.0 Å². The number of nitrogens with zero attached hydrogens (tertiary/aromatic N) is 2. The molecule has 22 heavy (non-hydrogen) atoms. The first kappa shape index (κ1) is 14.5. The molecule has 0 radical (unpaired) electrons. The number of rotatable bonds is 5. The van der Waals surface area contributed by atoms with Crippen molar-refractivity contribution in [2.75, 3.05) is 5.32 Å². The number of hydrogen-bond donors (Lipinski definition) is 2. The Morgan fingerprint density at radius 2 is 1.91 bits per heavy atom. The van der Waals surface area contributed by atoms with Gasteiger partial charge in [-0.3, -0.25) is 4.79 Å². The van der Waals surface area contributed by atoms with E-state index in [9.17, 15) is 4.79 Å². The molecule has 0 bridgehead atoms. The van der Waals surface area contributed by atoms with Gasteiger partial charge in [0.25, 0.3) is 5.91 Å². The summed E-state index contributed by atoms with van der Waals surface area (Å²) in [6, 6.07) is 10.4. The molecule has 1 aromatic carbocycles. The SMILES string of the molecule is Cc1ccc(CNc2cc(C(=O)NC3CC3)nc(C)n2)cc1. The van der Waals surface area contributed by atoms with Crippen molar-refractivity contribution < 1.29 is 4.79 Å². The van der Waals surface area contributed by atoms with Crippen LogP contribution >= 0.6 is 0 Å². The Morgan fingerprint density at radius 1 is 1.18 bits per heavy atom. The number of anilines is 1. The molecule has 3 rings (SSSR count). The summed E-state index contributed by atoms with van der Waals surface area (Å²) in [5.41, 5.74) is 2.83. The molecule has 1 saturated carbocycles. The number of amides is 1.